The molecule has 0 spiro atoms. The summed E-state index contributed by atoms with van der Waals surface area (Å²) in [5.41, 5.74) is -0.540. The van der Waals surface area contributed by atoms with E-state index < -0.39 is 39.8 Å². The first-order valence-corrected chi connectivity index (χ1v) is 9.20. The minimum absolute atomic E-state index is 0.0814. The molecule has 0 radical (unpaired) electrons. The monoisotopic (exact) mass is 442 g/mol. The van der Waals surface area contributed by atoms with Crippen molar-refractivity contribution in [1.29, 1.82) is 0 Å². The Hall–Kier alpha value is -2.88. The molecule has 0 unspecified atom stereocenters. The maximum atomic E-state index is 14.5. The predicted octanol–water partition coefficient (Wildman–Crippen LogP) is 5.78. The van der Waals surface area contributed by atoms with Gasteiger partial charge >= 0.3 is 6.18 Å². The van der Waals surface area contributed by atoms with E-state index in [1.54, 1.807) is 6.92 Å². The van der Waals surface area contributed by atoms with Crippen molar-refractivity contribution in [3.05, 3.63) is 82.2 Å². The highest BCUT2D eigenvalue weighted by atomic mass is 32.2. The lowest BCUT2D eigenvalue weighted by atomic mass is 10.0. The second kappa shape index (κ2) is 8.47. The molecule has 0 aliphatic heterocycles. The van der Waals surface area contributed by atoms with Crippen molar-refractivity contribution in [2.24, 2.45) is 0 Å². The van der Waals surface area contributed by atoms with Gasteiger partial charge in [0.15, 0.2) is 17.9 Å². The van der Waals surface area contributed by atoms with E-state index in [1.807, 2.05) is 0 Å². The summed E-state index contributed by atoms with van der Waals surface area (Å²) in [5, 5.41) is 0. The Bertz CT molecular complexity index is 1100. The molecule has 0 atom stereocenters. The highest BCUT2D eigenvalue weighted by Gasteiger charge is 2.32. The number of alkyl halides is 3. The number of carbonyl (C=O) groups is 1. The largest absolute Gasteiger partial charge is 0.433 e. The predicted molar refractivity (Wildman–Crippen MR) is 96.8 cm³/mol. The van der Waals surface area contributed by atoms with E-state index >= 15 is 0 Å². The minimum Gasteiger partial charge on any atom is -0.296 e. The van der Waals surface area contributed by atoms with Crippen LogP contribution in [0.1, 0.15) is 32.9 Å². The Morgan fingerprint density at radius 1 is 1.03 bits per heavy atom. The van der Waals surface area contributed by atoms with Gasteiger partial charge in [-0.05, 0) is 42.3 Å². The normalized spacial score (nSPS) is 11.6. The van der Waals surface area contributed by atoms with Crippen molar-refractivity contribution >= 4 is 18.0 Å². The number of benzene rings is 1. The van der Waals surface area contributed by atoms with Crippen LogP contribution < -0.4 is 0 Å². The number of halogens is 6. The van der Waals surface area contributed by atoms with Crippen LogP contribution in [0.3, 0.4) is 0 Å². The first kappa shape index (κ1) is 21.8. The van der Waals surface area contributed by atoms with Crippen LogP contribution in [0.4, 0.5) is 26.3 Å². The lowest BCUT2D eigenvalue weighted by Crippen LogP contribution is -2.07. The molecule has 2 aromatic heterocycles. The Balaban J connectivity index is 1.88. The van der Waals surface area contributed by atoms with Gasteiger partial charge in [0.2, 0.25) is 0 Å². The first-order chi connectivity index (χ1) is 14.1. The van der Waals surface area contributed by atoms with Gasteiger partial charge in [-0.15, -0.1) is 0 Å². The first-order valence-electron chi connectivity index (χ1n) is 8.38. The Kier molecular flexibility index (Phi) is 6.16. The summed E-state index contributed by atoms with van der Waals surface area (Å²) >= 11 is 0.549. The van der Waals surface area contributed by atoms with Crippen molar-refractivity contribution in [2.75, 3.05) is 0 Å². The number of aromatic nitrogens is 2. The maximum Gasteiger partial charge on any atom is 0.433 e. The molecular formula is C20H12F6N2OS. The van der Waals surface area contributed by atoms with Gasteiger partial charge in [0.25, 0.3) is 0 Å². The van der Waals surface area contributed by atoms with Crippen LogP contribution in [0.2, 0.25) is 0 Å². The number of hydrogen-bond donors (Lipinski definition) is 0. The topological polar surface area (TPSA) is 42.9 Å². The number of pyridine rings is 2. The summed E-state index contributed by atoms with van der Waals surface area (Å²) in [4.78, 5) is 17.5. The fourth-order valence-corrected chi connectivity index (χ4v) is 3.47. The number of rotatable bonds is 5. The van der Waals surface area contributed by atoms with Crippen molar-refractivity contribution in [3.8, 4) is 0 Å². The molecule has 2 heterocycles. The molecule has 3 aromatic rings. The van der Waals surface area contributed by atoms with Gasteiger partial charge in [-0.25, -0.2) is 13.2 Å². The smallest absolute Gasteiger partial charge is 0.296 e. The molecule has 10 heteroatoms. The van der Waals surface area contributed by atoms with E-state index in [1.165, 1.54) is 12.3 Å². The molecule has 1 aromatic carbocycles. The van der Waals surface area contributed by atoms with Crippen LogP contribution in [0, 0.1) is 24.4 Å². The van der Waals surface area contributed by atoms with E-state index in [9.17, 15) is 31.1 Å². The summed E-state index contributed by atoms with van der Waals surface area (Å²) < 4.78 is 81.2. The van der Waals surface area contributed by atoms with Crippen LogP contribution in [0.15, 0.2) is 46.5 Å². The van der Waals surface area contributed by atoms with Crippen molar-refractivity contribution < 1.29 is 31.1 Å². The third kappa shape index (κ3) is 4.64. The summed E-state index contributed by atoms with van der Waals surface area (Å²) in [6.45, 7) is 1.62. The summed E-state index contributed by atoms with van der Waals surface area (Å²) in [6.07, 6.45) is -2.27. The second-order valence-electron chi connectivity index (χ2n) is 6.27. The van der Waals surface area contributed by atoms with Crippen molar-refractivity contribution in [2.45, 2.75) is 29.3 Å². The van der Waals surface area contributed by atoms with E-state index in [0.29, 0.717) is 35.2 Å². The van der Waals surface area contributed by atoms with Crippen LogP contribution in [0.25, 0.3) is 0 Å². The number of carbonyl (C=O) groups excluding carboxylic acids is 1. The van der Waals surface area contributed by atoms with Crippen molar-refractivity contribution in [3.63, 3.8) is 0 Å². The fraction of sp³-hybridized carbons (Fsp3) is 0.150. The molecule has 0 saturated carbocycles. The molecule has 0 bridgehead atoms. The molecule has 156 valence electrons. The van der Waals surface area contributed by atoms with Crippen LogP contribution in [-0.2, 0) is 12.6 Å². The van der Waals surface area contributed by atoms with Gasteiger partial charge in [-0.2, -0.15) is 13.2 Å². The summed E-state index contributed by atoms with van der Waals surface area (Å²) in [7, 11) is 0. The molecule has 3 nitrogen and oxygen atoms in total. The molecular weight excluding hydrogens is 430 g/mol. The van der Waals surface area contributed by atoms with E-state index in [-0.39, 0.29) is 17.0 Å². The Labute approximate surface area is 171 Å². The zero-order chi connectivity index (χ0) is 22.1. The molecule has 3 rings (SSSR count). The molecule has 0 fully saturated rings. The second-order valence-corrected chi connectivity index (χ2v) is 7.39. The van der Waals surface area contributed by atoms with Gasteiger partial charge in [0.05, 0.1) is 4.90 Å². The highest BCUT2D eigenvalue weighted by Crippen LogP contribution is 2.35. The minimum atomic E-state index is -4.63. The van der Waals surface area contributed by atoms with Gasteiger partial charge < -0.3 is 0 Å². The molecule has 0 aliphatic carbocycles. The van der Waals surface area contributed by atoms with Crippen LogP contribution >= 0.6 is 11.8 Å². The number of aldehydes is 1. The fourth-order valence-electron chi connectivity index (χ4n) is 2.63. The average molecular weight is 442 g/mol. The maximum absolute atomic E-state index is 14.5. The molecule has 0 aliphatic rings. The quantitative estimate of drug-likeness (QED) is 0.286. The number of nitrogens with zero attached hydrogens (tertiary/aromatic N) is 2. The number of hydrogen-bond acceptors (Lipinski definition) is 4. The molecule has 0 N–H and O–H groups in total. The van der Waals surface area contributed by atoms with Crippen LogP contribution in [0.5, 0.6) is 0 Å². The van der Waals surface area contributed by atoms with E-state index in [2.05, 4.69) is 9.97 Å². The third-order valence-electron chi connectivity index (χ3n) is 4.20. The highest BCUT2D eigenvalue weighted by molar-refractivity contribution is 7.99. The van der Waals surface area contributed by atoms with E-state index in [0.717, 1.165) is 18.3 Å². The van der Waals surface area contributed by atoms with Gasteiger partial charge in [0, 0.05) is 29.3 Å². The average Bonchev–Trinajstić information content (AvgIpc) is 2.70. The van der Waals surface area contributed by atoms with Gasteiger partial charge in [-0.3, -0.25) is 14.8 Å². The lowest BCUT2D eigenvalue weighted by molar-refractivity contribution is -0.141. The lowest BCUT2D eigenvalue weighted by Gasteiger charge is -2.12. The number of aryl methyl sites for hydroxylation is 1. The van der Waals surface area contributed by atoms with E-state index in [4.69, 9.17) is 0 Å². The third-order valence-corrected chi connectivity index (χ3v) is 5.20. The SMILES string of the molecule is Cc1cc(C=O)ncc1Cc1c(F)cc(Sc2ccc(C(F)(F)F)nc2)c(F)c1F. The standard InChI is InChI=1S/C20H12F6N2OS/c1-10-4-12(9-29)27-7-11(10)5-14-15(21)6-16(19(23)18(14)22)30-13-2-3-17(28-8-13)20(24,25)26/h2-4,6-9H,5H2,1H3. The molecule has 30 heavy (non-hydrogen) atoms. The summed E-state index contributed by atoms with van der Waals surface area (Å²) in [5.74, 6) is -3.75. The zero-order valence-electron chi connectivity index (χ0n) is 15.2. The Morgan fingerprint density at radius 3 is 2.33 bits per heavy atom. The zero-order valence-corrected chi connectivity index (χ0v) is 16.0. The molecule has 0 amide bonds. The van der Waals surface area contributed by atoms with Crippen molar-refractivity contribution in [1.82, 2.24) is 9.97 Å². The van der Waals surface area contributed by atoms with Gasteiger partial charge in [0.1, 0.15) is 17.2 Å². The Morgan fingerprint density at radius 2 is 1.77 bits per heavy atom. The van der Waals surface area contributed by atoms with Gasteiger partial charge in [-0.1, -0.05) is 11.8 Å². The van der Waals surface area contributed by atoms with Crippen LogP contribution in [-0.4, -0.2) is 16.3 Å². The summed E-state index contributed by atoms with van der Waals surface area (Å²) in [6, 6.07) is 3.95. The molecule has 0 saturated heterocycles.